The van der Waals surface area contributed by atoms with Gasteiger partial charge in [-0.1, -0.05) is 11.6 Å². The second-order valence-corrected chi connectivity index (χ2v) is 4.23. The molecule has 1 fully saturated rings. The van der Waals surface area contributed by atoms with Crippen LogP contribution >= 0.6 is 36.4 Å². The van der Waals surface area contributed by atoms with E-state index in [2.05, 4.69) is 25.4 Å². The molecule has 5 nitrogen and oxygen atoms in total. The molecule has 0 amide bonds. The Morgan fingerprint density at radius 2 is 1.89 bits per heavy atom. The predicted octanol–water partition coefficient (Wildman–Crippen LogP) is 1.86. The minimum atomic E-state index is 0. The third kappa shape index (κ3) is 2.64. The first-order chi connectivity index (χ1) is 7.86. The summed E-state index contributed by atoms with van der Waals surface area (Å²) in [5.74, 6) is 0. The zero-order valence-corrected chi connectivity index (χ0v) is 11.9. The van der Waals surface area contributed by atoms with Gasteiger partial charge in [0.2, 0.25) is 0 Å². The average molecular weight is 311 g/mol. The van der Waals surface area contributed by atoms with Crippen LogP contribution in [0, 0.1) is 0 Å². The van der Waals surface area contributed by atoms with Crippen molar-refractivity contribution < 1.29 is 0 Å². The van der Waals surface area contributed by atoms with E-state index >= 15 is 0 Å². The molecule has 0 spiro atoms. The first kappa shape index (κ1) is 15.3. The highest BCUT2D eigenvalue weighted by Crippen LogP contribution is 2.32. The number of aromatic nitrogens is 3. The number of hydrogen-bond donors (Lipinski definition) is 2. The number of fused-ring (bicyclic) bond motifs is 1. The Kier molecular flexibility index (Phi) is 5.47. The Balaban J connectivity index is 0.000000810. The molecule has 100 valence electrons. The molecule has 3 heterocycles. The fourth-order valence-corrected chi connectivity index (χ4v) is 2.34. The summed E-state index contributed by atoms with van der Waals surface area (Å²) < 4.78 is 0. The summed E-state index contributed by atoms with van der Waals surface area (Å²) in [5, 5.41) is 11.9. The van der Waals surface area contributed by atoms with Gasteiger partial charge in [-0.2, -0.15) is 5.10 Å². The van der Waals surface area contributed by atoms with E-state index in [1.807, 2.05) is 0 Å². The van der Waals surface area contributed by atoms with Gasteiger partial charge in [-0.15, -0.1) is 24.8 Å². The van der Waals surface area contributed by atoms with Crippen molar-refractivity contribution in [3.63, 3.8) is 0 Å². The molecule has 0 saturated carbocycles. The summed E-state index contributed by atoms with van der Waals surface area (Å²) in [6.45, 7) is 3.89. The Morgan fingerprint density at radius 1 is 1.17 bits per heavy atom. The molecule has 0 atom stereocenters. The van der Waals surface area contributed by atoms with Crippen LogP contribution in [0.25, 0.3) is 11.0 Å². The Labute approximate surface area is 122 Å². The number of hydrogen-bond acceptors (Lipinski definition) is 4. The molecule has 2 N–H and O–H groups in total. The molecule has 1 saturated heterocycles. The largest absolute Gasteiger partial charge is 0.367 e. The minimum absolute atomic E-state index is 0. The van der Waals surface area contributed by atoms with Gasteiger partial charge in [0.25, 0.3) is 0 Å². The molecule has 18 heavy (non-hydrogen) atoms. The smallest absolute Gasteiger partial charge is 0.157 e. The maximum absolute atomic E-state index is 6.23. The number of nitrogens with zero attached hydrogens (tertiary/aromatic N) is 3. The van der Waals surface area contributed by atoms with Crippen LogP contribution in [0.3, 0.4) is 0 Å². The van der Waals surface area contributed by atoms with Gasteiger partial charge in [0.1, 0.15) is 0 Å². The molecule has 3 rings (SSSR count). The van der Waals surface area contributed by atoms with Crippen LogP contribution in [0.2, 0.25) is 5.02 Å². The summed E-state index contributed by atoms with van der Waals surface area (Å²) in [7, 11) is 0. The van der Waals surface area contributed by atoms with Crippen molar-refractivity contribution in [2.45, 2.75) is 0 Å². The summed E-state index contributed by atoms with van der Waals surface area (Å²) in [6, 6.07) is 0. The summed E-state index contributed by atoms with van der Waals surface area (Å²) in [5.41, 5.74) is 1.83. The molecule has 0 bridgehead atoms. The zero-order chi connectivity index (χ0) is 11.0. The molecule has 1 aliphatic heterocycles. The van der Waals surface area contributed by atoms with E-state index in [9.17, 15) is 0 Å². The lowest BCUT2D eigenvalue weighted by Gasteiger charge is -2.30. The average Bonchev–Trinajstić information content (AvgIpc) is 2.78. The van der Waals surface area contributed by atoms with Crippen molar-refractivity contribution >= 4 is 53.1 Å². The van der Waals surface area contributed by atoms with Crippen molar-refractivity contribution in [2.75, 3.05) is 31.1 Å². The fraction of sp³-hybridized carbons (Fsp3) is 0.400. The van der Waals surface area contributed by atoms with E-state index in [1.54, 1.807) is 12.4 Å². The molecular weight excluding hydrogens is 297 g/mol. The van der Waals surface area contributed by atoms with Crippen LogP contribution in [0.5, 0.6) is 0 Å². The first-order valence-corrected chi connectivity index (χ1v) is 5.67. The number of aromatic amines is 1. The van der Waals surface area contributed by atoms with E-state index in [4.69, 9.17) is 11.6 Å². The lowest BCUT2D eigenvalue weighted by atomic mass is 10.2. The molecule has 0 unspecified atom stereocenters. The highest BCUT2D eigenvalue weighted by Gasteiger charge is 2.17. The van der Waals surface area contributed by atoms with Gasteiger partial charge in [0.15, 0.2) is 5.65 Å². The third-order valence-corrected chi connectivity index (χ3v) is 3.12. The molecule has 0 radical (unpaired) electrons. The number of halogens is 3. The van der Waals surface area contributed by atoms with Crippen LogP contribution < -0.4 is 10.2 Å². The number of H-pyrrole nitrogens is 1. The molecule has 2 aromatic rings. The molecule has 2 aromatic heterocycles. The lowest BCUT2D eigenvalue weighted by molar-refractivity contribution is 0.590. The number of piperazine rings is 1. The molecule has 0 aromatic carbocycles. The summed E-state index contributed by atoms with van der Waals surface area (Å²) in [4.78, 5) is 6.48. The maximum atomic E-state index is 6.23. The quantitative estimate of drug-likeness (QED) is 0.844. The van der Waals surface area contributed by atoms with Gasteiger partial charge >= 0.3 is 0 Å². The number of nitrogens with one attached hydrogen (secondary N) is 2. The Hall–Kier alpha value is -0.750. The van der Waals surface area contributed by atoms with Crippen molar-refractivity contribution in [2.24, 2.45) is 0 Å². The summed E-state index contributed by atoms with van der Waals surface area (Å²) >= 11 is 6.23. The fourth-order valence-electron chi connectivity index (χ4n) is 2.07. The van der Waals surface area contributed by atoms with Crippen molar-refractivity contribution in [3.8, 4) is 0 Å². The van der Waals surface area contributed by atoms with Crippen LogP contribution in [0.15, 0.2) is 12.4 Å². The highest BCUT2D eigenvalue weighted by atomic mass is 35.5. The lowest BCUT2D eigenvalue weighted by Crippen LogP contribution is -2.43. The minimum Gasteiger partial charge on any atom is -0.367 e. The van der Waals surface area contributed by atoms with Crippen LogP contribution in [0.1, 0.15) is 0 Å². The Bertz CT molecular complexity index is 509. The SMILES string of the molecule is Cl.Cl.Clc1cnc2[nH]ncc2c1N1CCNCC1. The Morgan fingerprint density at radius 3 is 2.61 bits per heavy atom. The highest BCUT2D eigenvalue weighted by molar-refractivity contribution is 6.34. The van der Waals surface area contributed by atoms with Crippen LogP contribution in [-0.2, 0) is 0 Å². The third-order valence-electron chi connectivity index (χ3n) is 2.84. The number of rotatable bonds is 1. The van der Waals surface area contributed by atoms with Gasteiger partial charge in [0, 0.05) is 26.2 Å². The number of anilines is 1. The van der Waals surface area contributed by atoms with E-state index < -0.39 is 0 Å². The van der Waals surface area contributed by atoms with Crippen molar-refractivity contribution in [3.05, 3.63) is 17.4 Å². The second-order valence-electron chi connectivity index (χ2n) is 3.82. The van der Waals surface area contributed by atoms with Gasteiger partial charge in [0.05, 0.1) is 28.5 Å². The van der Waals surface area contributed by atoms with E-state index in [0.29, 0.717) is 5.02 Å². The van der Waals surface area contributed by atoms with Gasteiger partial charge in [-0.25, -0.2) is 4.98 Å². The predicted molar refractivity (Wildman–Crippen MR) is 78.5 cm³/mol. The van der Waals surface area contributed by atoms with E-state index in [-0.39, 0.29) is 24.8 Å². The van der Waals surface area contributed by atoms with Crippen molar-refractivity contribution in [1.82, 2.24) is 20.5 Å². The second kappa shape index (κ2) is 6.43. The van der Waals surface area contributed by atoms with E-state index in [1.165, 1.54) is 0 Å². The maximum Gasteiger partial charge on any atom is 0.157 e. The van der Waals surface area contributed by atoms with Gasteiger partial charge in [-0.3, -0.25) is 5.10 Å². The molecule has 8 heteroatoms. The topological polar surface area (TPSA) is 56.8 Å². The monoisotopic (exact) mass is 309 g/mol. The zero-order valence-electron chi connectivity index (χ0n) is 9.52. The van der Waals surface area contributed by atoms with Crippen LogP contribution in [0.4, 0.5) is 5.69 Å². The van der Waals surface area contributed by atoms with Crippen molar-refractivity contribution in [1.29, 1.82) is 0 Å². The van der Waals surface area contributed by atoms with Gasteiger partial charge < -0.3 is 10.2 Å². The summed E-state index contributed by atoms with van der Waals surface area (Å²) in [6.07, 6.45) is 3.46. The standard InChI is InChI=1S/C10H12ClN5.2ClH/c11-8-6-13-10-7(5-14-15-10)9(8)16-3-1-12-2-4-16;;/h5-6,12H,1-4H2,(H,13,14,15);2*1H. The molecule has 1 aliphatic rings. The van der Waals surface area contributed by atoms with Crippen LogP contribution in [-0.4, -0.2) is 41.4 Å². The normalized spacial score (nSPS) is 15.1. The molecule has 0 aliphatic carbocycles. The van der Waals surface area contributed by atoms with E-state index in [0.717, 1.165) is 42.9 Å². The molecular formula is C10H14Cl3N5. The van der Waals surface area contributed by atoms with Gasteiger partial charge in [-0.05, 0) is 0 Å². The number of pyridine rings is 1. The first-order valence-electron chi connectivity index (χ1n) is 5.29.